The molecule has 0 radical (unpaired) electrons. The Morgan fingerprint density at radius 1 is 1.33 bits per heavy atom. The number of nitrogens with one attached hydrogen (secondary N) is 1. The highest BCUT2D eigenvalue weighted by Gasteiger charge is 2.28. The number of aryl methyl sites for hydroxylation is 2. The maximum atomic E-state index is 12.4. The van der Waals surface area contributed by atoms with Gasteiger partial charge in [0, 0.05) is 56.2 Å². The molecule has 2 aliphatic heterocycles. The molecule has 0 aromatic carbocycles. The monoisotopic (exact) mass is 508 g/mol. The molecule has 3 rings (SSSR count). The minimum Gasteiger partial charge on any atom is -0.357 e. The van der Waals surface area contributed by atoms with E-state index >= 15 is 0 Å². The van der Waals surface area contributed by atoms with Crippen LogP contribution in [0.3, 0.4) is 0 Å². The number of halogens is 1. The van der Waals surface area contributed by atoms with Crippen LogP contribution in [0.1, 0.15) is 45.9 Å². The Kier molecular flexibility index (Phi) is 8.51. The minimum absolute atomic E-state index is 0. The van der Waals surface area contributed by atoms with Gasteiger partial charge in [-0.15, -0.1) is 24.0 Å². The summed E-state index contributed by atoms with van der Waals surface area (Å²) < 4.78 is 3.73. The number of thioether (sulfide) groups is 1. The number of hydrogen-bond acceptors (Lipinski definition) is 4. The summed E-state index contributed by atoms with van der Waals surface area (Å²) >= 11 is 2.03. The van der Waals surface area contributed by atoms with Gasteiger partial charge in [0.15, 0.2) is 5.96 Å². The van der Waals surface area contributed by atoms with Crippen LogP contribution >= 0.6 is 35.7 Å². The summed E-state index contributed by atoms with van der Waals surface area (Å²) in [6, 6.07) is 0. The van der Waals surface area contributed by atoms with Gasteiger partial charge in [-0.3, -0.25) is 9.56 Å². The van der Waals surface area contributed by atoms with Crippen LogP contribution in [0.4, 0.5) is 0 Å². The summed E-state index contributed by atoms with van der Waals surface area (Å²) in [6.07, 6.45) is 3.97. The predicted molar refractivity (Wildman–Crippen MR) is 124 cm³/mol. The molecular formula is C18H33IN6OS. The Hall–Kier alpha value is -0.710. The zero-order valence-corrected chi connectivity index (χ0v) is 19.9. The highest BCUT2D eigenvalue weighted by atomic mass is 127. The van der Waals surface area contributed by atoms with Gasteiger partial charge in [0.1, 0.15) is 5.82 Å². The van der Waals surface area contributed by atoms with E-state index in [1.165, 1.54) is 0 Å². The van der Waals surface area contributed by atoms with Gasteiger partial charge in [-0.25, -0.2) is 9.48 Å². The van der Waals surface area contributed by atoms with Gasteiger partial charge in [-0.1, -0.05) is 0 Å². The third-order valence-electron chi connectivity index (χ3n) is 4.88. The second-order valence-corrected chi connectivity index (χ2v) is 9.45. The highest BCUT2D eigenvalue weighted by molar-refractivity contribution is 14.0. The molecule has 0 aliphatic carbocycles. The summed E-state index contributed by atoms with van der Waals surface area (Å²) in [6.45, 7) is 11.8. The SMILES string of the molecule is CCNC(=NCCCn1nc2n(c1=O)CCCC2)N1CCSC(C)(C)C1.I. The van der Waals surface area contributed by atoms with Gasteiger partial charge in [0.25, 0.3) is 0 Å². The second kappa shape index (κ2) is 10.2. The molecule has 1 aromatic rings. The van der Waals surface area contributed by atoms with Crippen LogP contribution < -0.4 is 11.0 Å². The Morgan fingerprint density at radius 3 is 2.85 bits per heavy atom. The molecule has 0 saturated carbocycles. The lowest BCUT2D eigenvalue weighted by Crippen LogP contribution is -2.51. The lowest BCUT2D eigenvalue weighted by atomic mass is 10.2. The Bertz CT molecular complexity index is 699. The van der Waals surface area contributed by atoms with E-state index in [-0.39, 0.29) is 34.4 Å². The van der Waals surface area contributed by atoms with Gasteiger partial charge < -0.3 is 10.2 Å². The first-order valence-electron chi connectivity index (χ1n) is 9.84. The number of nitrogens with zero attached hydrogens (tertiary/aromatic N) is 5. The van der Waals surface area contributed by atoms with Crippen molar-refractivity contribution in [1.29, 1.82) is 0 Å². The zero-order chi connectivity index (χ0) is 18.6. The molecule has 0 amide bonds. The van der Waals surface area contributed by atoms with Crippen molar-refractivity contribution in [1.82, 2.24) is 24.6 Å². The third kappa shape index (κ3) is 5.88. The van der Waals surface area contributed by atoms with Gasteiger partial charge >= 0.3 is 5.69 Å². The summed E-state index contributed by atoms with van der Waals surface area (Å²) in [5.74, 6) is 3.08. The van der Waals surface area contributed by atoms with Crippen molar-refractivity contribution >= 4 is 41.7 Å². The number of aromatic nitrogens is 3. The first-order chi connectivity index (χ1) is 12.5. The lowest BCUT2D eigenvalue weighted by Gasteiger charge is -2.39. The molecular weight excluding hydrogens is 475 g/mol. The van der Waals surface area contributed by atoms with Crippen molar-refractivity contribution in [3.63, 3.8) is 0 Å². The fraction of sp³-hybridized carbons (Fsp3) is 0.833. The van der Waals surface area contributed by atoms with E-state index < -0.39 is 0 Å². The van der Waals surface area contributed by atoms with Crippen molar-refractivity contribution in [3.8, 4) is 0 Å². The third-order valence-corrected chi connectivity index (χ3v) is 6.18. The number of hydrogen-bond donors (Lipinski definition) is 1. The van der Waals surface area contributed by atoms with Gasteiger partial charge in [0.2, 0.25) is 0 Å². The van der Waals surface area contributed by atoms with Crippen LogP contribution in [0.15, 0.2) is 9.79 Å². The molecule has 3 heterocycles. The predicted octanol–water partition coefficient (Wildman–Crippen LogP) is 2.18. The molecule has 0 atom stereocenters. The van der Waals surface area contributed by atoms with E-state index in [1.54, 1.807) is 4.68 Å². The average molecular weight is 508 g/mol. The van der Waals surface area contributed by atoms with E-state index in [2.05, 4.69) is 36.1 Å². The number of aliphatic imine (C=N–C) groups is 1. The Morgan fingerprint density at radius 2 is 2.15 bits per heavy atom. The van der Waals surface area contributed by atoms with Crippen molar-refractivity contribution in [2.24, 2.45) is 4.99 Å². The standard InChI is InChI=1S/C18H32N6OS.HI/c1-4-19-16(22-12-13-26-18(2,3)14-22)20-9-7-11-24-17(25)23-10-6-5-8-15(23)21-24;/h4-14H2,1-3H3,(H,19,20);1H. The van der Waals surface area contributed by atoms with Gasteiger partial charge in [-0.2, -0.15) is 16.9 Å². The summed E-state index contributed by atoms with van der Waals surface area (Å²) in [5, 5.41) is 7.92. The fourth-order valence-corrected chi connectivity index (χ4v) is 4.73. The summed E-state index contributed by atoms with van der Waals surface area (Å²) in [7, 11) is 0. The number of fused-ring (bicyclic) bond motifs is 1. The van der Waals surface area contributed by atoms with Gasteiger partial charge in [0.05, 0.1) is 0 Å². The Labute approximate surface area is 183 Å². The highest BCUT2D eigenvalue weighted by Crippen LogP contribution is 2.29. The maximum absolute atomic E-state index is 12.4. The molecule has 154 valence electrons. The Balaban J connectivity index is 0.00000261. The first kappa shape index (κ1) is 22.6. The molecule has 1 aromatic heterocycles. The molecule has 0 spiro atoms. The van der Waals surface area contributed by atoms with Crippen LogP contribution in [0, 0.1) is 0 Å². The van der Waals surface area contributed by atoms with Crippen LogP contribution in [0.25, 0.3) is 0 Å². The van der Waals surface area contributed by atoms with Crippen molar-refractivity contribution in [2.75, 3.05) is 31.9 Å². The van der Waals surface area contributed by atoms with E-state index in [0.29, 0.717) is 13.1 Å². The smallest absolute Gasteiger partial charge is 0.345 e. The van der Waals surface area contributed by atoms with E-state index in [1.807, 2.05) is 16.3 Å². The molecule has 27 heavy (non-hydrogen) atoms. The van der Waals surface area contributed by atoms with E-state index in [4.69, 9.17) is 4.99 Å². The van der Waals surface area contributed by atoms with Crippen molar-refractivity contribution in [2.45, 2.75) is 64.3 Å². The fourth-order valence-electron chi connectivity index (χ4n) is 3.62. The minimum atomic E-state index is 0. The second-order valence-electron chi connectivity index (χ2n) is 7.65. The normalized spacial score (nSPS) is 19.4. The summed E-state index contributed by atoms with van der Waals surface area (Å²) in [5.41, 5.74) is 0.0467. The van der Waals surface area contributed by atoms with Crippen LogP contribution in [-0.2, 0) is 19.5 Å². The quantitative estimate of drug-likeness (QED) is 0.286. The molecule has 9 heteroatoms. The van der Waals surface area contributed by atoms with Crippen LogP contribution in [-0.4, -0.2) is 61.9 Å². The number of rotatable bonds is 5. The molecule has 7 nitrogen and oxygen atoms in total. The summed E-state index contributed by atoms with van der Waals surface area (Å²) in [4.78, 5) is 19.5. The largest absolute Gasteiger partial charge is 0.357 e. The van der Waals surface area contributed by atoms with E-state index in [9.17, 15) is 4.79 Å². The molecule has 0 bridgehead atoms. The maximum Gasteiger partial charge on any atom is 0.345 e. The molecule has 2 aliphatic rings. The molecule has 1 fully saturated rings. The number of guanidine groups is 1. The molecule has 1 saturated heterocycles. The van der Waals surface area contributed by atoms with Crippen molar-refractivity contribution in [3.05, 3.63) is 16.3 Å². The molecule has 1 N–H and O–H groups in total. The van der Waals surface area contributed by atoms with Crippen molar-refractivity contribution < 1.29 is 0 Å². The first-order valence-corrected chi connectivity index (χ1v) is 10.8. The average Bonchev–Trinajstić information content (AvgIpc) is 2.93. The topological polar surface area (TPSA) is 67.5 Å². The van der Waals surface area contributed by atoms with E-state index in [0.717, 1.165) is 69.4 Å². The van der Waals surface area contributed by atoms with Crippen LogP contribution in [0.2, 0.25) is 0 Å². The van der Waals surface area contributed by atoms with Gasteiger partial charge in [-0.05, 0) is 40.0 Å². The molecule has 0 unspecified atom stereocenters. The van der Waals surface area contributed by atoms with Crippen LogP contribution in [0.5, 0.6) is 0 Å². The zero-order valence-electron chi connectivity index (χ0n) is 16.7. The lowest BCUT2D eigenvalue weighted by molar-refractivity contribution is 0.375.